The Morgan fingerprint density at radius 1 is 0.405 bits per heavy atom. The molecule has 0 aromatic heterocycles. The van der Waals surface area contributed by atoms with E-state index in [1.165, 1.54) is 59.9 Å². The summed E-state index contributed by atoms with van der Waals surface area (Å²) < 4.78 is 0. The van der Waals surface area contributed by atoms with Crippen molar-refractivity contribution in [3.05, 3.63) is 239 Å². The van der Waals surface area contributed by atoms with Crippen LogP contribution in [-0.2, 0) is 22.4 Å². The van der Waals surface area contributed by atoms with Crippen molar-refractivity contribution in [1.82, 2.24) is 9.80 Å². The van der Waals surface area contributed by atoms with Crippen molar-refractivity contribution in [3.8, 4) is 0 Å². The van der Waals surface area contributed by atoms with Gasteiger partial charge in [0.25, 0.3) is 23.6 Å². The van der Waals surface area contributed by atoms with Gasteiger partial charge in [0, 0.05) is 66.3 Å². The van der Waals surface area contributed by atoms with Crippen molar-refractivity contribution in [2.45, 2.75) is 44.5 Å². The number of benzene rings is 8. The quantitative estimate of drug-likeness (QED) is 0.0408. The number of nitrogen functional groups attached to an aromatic ring is 2. The molecule has 13 nitrogen and oxygen atoms in total. The molecular weight excluding hydrogens is 969 g/mol. The summed E-state index contributed by atoms with van der Waals surface area (Å²) in [5, 5.41) is 5.77. The number of fused-ring (bicyclic) bond motifs is 2. The minimum Gasteiger partial charge on any atom is -0.399 e. The van der Waals surface area contributed by atoms with Crippen molar-refractivity contribution >= 4 is 87.5 Å². The Hall–Kier alpha value is -9.05. The summed E-state index contributed by atoms with van der Waals surface area (Å²) in [7, 11) is 0. The van der Waals surface area contributed by atoms with E-state index in [9.17, 15) is 33.6 Å². The highest BCUT2D eigenvalue weighted by atomic mass is 32.2. The Morgan fingerprint density at radius 3 is 1.08 bits per heavy atom. The Morgan fingerprint density at radius 2 is 0.730 bits per heavy atom. The van der Waals surface area contributed by atoms with Crippen LogP contribution in [0.15, 0.2) is 214 Å². The van der Waals surface area contributed by atoms with Crippen LogP contribution in [-0.4, -0.2) is 63.1 Å². The van der Waals surface area contributed by atoms with E-state index in [0.29, 0.717) is 33.9 Å². The number of ketones is 1. The lowest BCUT2D eigenvalue weighted by atomic mass is 9.96. The maximum Gasteiger partial charge on any atom is 0.262 e. The van der Waals surface area contributed by atoms with Crippen LogP contribution in [0, 0.1) is 0 Å². The molecule has 0 saturated carbocycles. The molecule has 0 fully saturated rings. The summed E-state index contributed by atoms with van der Waals surface area (Å²) in [6.07, 6.45) is 0.0280. The van der Waals surface area contributed by atoms with Crippen molar-refractivity contribution in [3.63, 3.8) is 0 Å². The summed E-state index contributed by atoms with van der Waals surface area (Å²) >= 11 is 3.04. The molecule has 0 saturated heterocycles. The third-order valence-electron chi connectivity index (χ3n) is 12.6. The van der Waals surface area contributed by atoms with Gasteiger partial charge < -0.3 is 22.1 Å². The normalized spacial score (nSPS) is 13.6. The smallest absolute Gasteiger partial charge is 0.262 e. The second-order valence-electron chi connectivity index (χ2n) is 17.6. The van der Waals surface area contributed by atoms with E-state index in [4.69, 9.17) is 11.5 Å². The topological polar surface area (TPSA) is 202 Å². The molecule has 0 spiro atoms. The molecule has 15 heteroatoms. The summed E-state index contributed by atoms with van der Waals surface area (Å²) in [6, 6.07) is 52.9. The lowest BCUT2D eigenvalue weighted by Crippen LogP contribution is -2.48. The molecule has 2 aliphatic rings. The standard InChI is InChI=1S/C59H44N6O7S2/c60-39-13-21-43(22-14-39)73-45-25-17-41(18-26-45)62-54(67)51(31-35-7-3-1-4-8-35)64-56(69)47-29-11-37(33-49(47)58(64)71)53(66)38-12-30-48-50(34-38)59(72)65(57(48)70)52(32-36-9-5-2-6-10-36)55(68)63-42-19-27-46(28-20-42)74-44-23-15-40(61)16-24-44/h1-30,33-34,51-52H,31-32,60-61H2,(H,62,67)(H,63,68). The molecule has 74 heavy (non-hydrogen) atoms. The fourth-order valence-corrected chi connectivity index (χ4v) is 10.5. The number of amides is 6. The van der Waals surface area contributed by atoms with Gasteiger partial charge in [-0.25, -0.2) is 0 Å². The molecular formula is C59H44N6O7S2. The zero-order chi connectivity index (χ0) is 51.5. The van der Waals surface area contributed by atoms with Gasteiger partial charge in [0.15, 0.2) is 5.78 Å². The van der Waals surface area contributed by atoms with Crippen LogP contribution in [0.5, 0.6) is 0 Å². The number of nitrogens with one attached hydrogen (secondary N) is 2. The van der Waals surface area contributed by atoms with Gasteiger partial charge in [-0.2, -0.15) is 0 Å². The number of nitrogens with two attached hydrogens (primary N) is 2. The van der Waals surface area contributed by atoms with Gasteiger partial charge in [-0.05, 0) is 132 Å². The minimum atomic E-state index is -1.27. The maximum absolute atomic E-state index is 14.4. The number of nitrogens with zero attached hydrogens (tertiary/aromatic N) is 2. The molecule has 8 aromatic rings. The van der Waals surface area contributed by atoms with Gasteiger partial charge >= 0.3 is 0 Å². The monoisotopic (exact) mass is 1010 g/mol. The van der Waals surface area contributed by atoms with Crippen LogP contribution in [0.2, 0.25) is 0 Å². The molecule has 0 aliphatic carbocycles. The van der Waals surface area contributed by atoms with Crippen molar-refractivity contribution in [2.75, 3.05) is 22.1 Å². The zero-order valence-corrected chi connectivity index (χ0v) is 40.9. The van der Waals surface area contributed by atoms with E-state index in [-0.39, 0.29) is 46.2 Å². The number of anilines is 4. The number of hydrogen-bond donors (Lipinski definition) is 4. The first-order valence-corrected chi connectivity index (χ1v) is 25.1. The highest BCUT2D eigenvalue weighted by molar-refractivity contribution is 7.99. The molecule has 6 amide bonds. The molecule has 0 radical (unpaired) electrons. The average molecular weight is 1010 g/mol. The molecule has 0 bridgehead atoms. The van der Waals surface area contributed by atoms with Gasteiger partial charge in [-0.3, -0.25) is 43.4 Å². The fraction of sp³-hybridized carbons (Fsp3) is 0.0678. The predicted octanol–water partition coefficient (Wildman–Crippen LogP) is 10.1. The second-order valence-corrected chi connectivity index (χ2v) is 19.9. The SMILES string of the molecule is Nc1ccc(Sc2ccc(NC(=O)C(Cc3ccccc3)N3C(=O)c4ccc(C(=O)c5ccc6c(c5)C(=O)N(C(Cc5ccccc5)C(=O)Nc5ccc(Sc7ccc(N)cc7)cc5)C6=O)cc4C3=O)cc2)cc1. The van der Waals surface area contributed by atoms with Gasteiger partial charge in [0.05, 0.1) is 22.3 Å². The van der Waals surface area contributed by atoms with E-state index >= 15 is 0 Å². The lowest BCUT2D eigenvalue weighted by molar-refractivity contribution is -0.120. The third-order valence-corrected chi connectivity index (χ3v) is 14.6. The Bertz CT molecular complexity index is 3270. The summed E-state index contributed by atoms with van der Waals surface area (Å²) in [5.74, 6) is -4.69. The molecule has 364 valence electrons. The van der Waals surface area contributed by atoms with E-state index in [1.54, 1.807) is 72.8 Å². The summed E-state index contributed by atoms with van der Waals surface area (Å²) in [4.78, 5) is 105. The van der Waals surface area contributed by atoms with E-state index in [0.717, 1.165) is 29.4 Å². The Balaban J connectivity index is 0.864. The van der Waals surface area contributed by atoms with Crippen molar-refractivity contribution < 1.29 is 33.6 Å². The van der Waals surface area contributed by atoms with Crippen LogP contribution in [0.4, 0.5) is 22.7 Å². The van der Waals surface area contributed by atoms with Gasteiger partial charge in [0.2, 0.25) is 11.8 Å². The van der Waals surface area contributed by atoms with E-state index in [1.807, 2.05) is 84.9 Å². The van der Waals surface area contributed by atoms with Crippen LogP contribution < -0.4 is 22.1 Å². The molecule has 6 N–H and O–H groups in total. The summed E-state index contributed by atoms with van der Waals surface area (Å²) in [5.41, 5.74) is 15.3. The molecule has 2 heterocycles. The highest BCUT2D eigenvalue weighted by Crippen LogP contribution is 2.34. The van der Waals surface area contributed by atoms with Crippen molar-refractivity contribution in [2.24, 2.45) is 0 Å². The predicted molar refractivity (Wildman–Crippen MR) is 285 cm³/mol. The molecule has 2 aliphatic heterocycles. The zero-order valence-electron chi connectivity index (χ0n) is 39.3. The average Bonchev–Trinajstić information content (AvgIpc) is 3.82. The van der Waals surface area contributed by atoms with Gasteiger partial charge in [-0.15, -0.1) is 0 Å². The number of rotatable bonds is 16. The van der Waals surface area contributed by atoms with Gasteiger partial charge in [-0.1, -0.05) is 96.3 Å². The molecule has 2 unspecified atom stereocenters. The van der Waals surface area contributed by atoms with Crippen LogP contribution in [0.1, 0.15) is 68.5 Å². The van der Waals surface area contributed by atoms with E-state index < -0.39 is 53.3 Å². The van der Waals surface area contributed by atoms with Crippen LogP contribution in [0.25, 0.3) is 0 Å². The number of carbonyl (C=O) groups is 7. The second kappa shape index (κ2) is 21.0. The number of carbonyl (C=O) groups excluding carboxylic acids is 7. The molecule has 10 rings (SSSR count). The summed E-state index contributed by atoms with van der Waals surface area (Å²) in [6.45, 7) is 0. The maximum atomic E-state index is 14.4. The first-order valence-electron chi connectivity index (χ1n) is 23.4. The van der Waals surface area contributed by atoms with Crippen LogP contribution >= 0.6 is 23.5 Å². The largest absolute Gasteiger partial charge is 0.399 e. The first kappa shape index (κ1) is 48.6. The van der Waals surface area contributed by atoms with E-state index in [2.05, 4.69) is 10.6 Å². The third kappa shape index (κ3) is 10.3. The molecule has 8 aromatic carbocycles. The fourth-order valence-electron chi connectivity index (χ4n) is 8.82. The number of hydrogen-bond acceptors (Lipinski definition) is 11. The van der Waals surface area contributed by atoms with Crippen molar-refractivity contribution in [1.29, 1.82) is 0 Å². The Labute approximate surface area is 434 Å². The van der Waals surface area contributed by atoms with Crippen LogP contribution in [0.3, 0.4) is 0 Å². The van der Waals surface area contributed by atoms with Gasteiger partial charge in [0.1, 0.15) is 12.1 Å². The minimum absolute atomic E-state index is 0.0140. The Kier molecular flexibility index (Phi) is 13.8. The molecule has 2 atom stereocenters. The first-order chi connectivity index (χ1) is 35.9. The number of imide groups is 2. The lowest BCUT2D eigenvalue weighted by Gasteiger charge is -2.25. The highest BCUT2D eigenvalue weighted by Gasteiger charge is 2.45.